The predicted molar refractivity (Wildman–Crippen MR) is 157 cm³/mol. The number of aliphatic hydroxyl groups is 1. The van der Waals surface area contributed by atoms with Crippen LogP contribution in [-0.2, 0) is 27.3 Å². The van der Waals surface area contributed by atoms with Crippen LogP contribution in [0.25, 0.3) is 22.5 Å². The number of carboxylic acid groups (broad SMARTS) is 1. The average molecular weight is 641 g/mol. The van der Waals surface area contributed by atoms with Gasteiger partial charge in [0, 0.05) is 30.5 Å². The molecule has 1 aliphatic rings. The van der Waals surface area contributed by atoms with Gasteiger partial charge in [-0.15, -0.1) is 10.2 Å². The number of aliphatic hydroxyl groups excluding tert-OH is 1. The molecular weight excluding hydrogens is 610 g/mol. The zero-order valence-corrected chi connectivity index (χ0v) is 24.9. The van der Waals surface area contributed by atoms with Crippen molar-refractivity contribution in [2.45, 2.75) is 51.3 Å². The van der Waals surface area contributed by atoms with E-state index in [2.05, 4.69) is 25.6 Å². The molecule has 0 aliphatic carbocycles. The maximum Gasteiger partial charge on any atom is 0.360 e. The number of aromatic amines is 1. The third-order valence-electron chi connectivity index (χ3n) is 7.23. The number of rotatable bonds is 14. The highest BCUT2D eigenvalue weighted by atomic mass is 35.5. The van der Waals surface area contributed by atoms with E-state index in [0.29, 0.717) is 18.1 Å². The fourth-order valence-corrected chi connectivity index (χ4v) is 5.32. The fraction of sp³-hybridized carbons (Fsp3) is 0.357. The van der Waals surface area contributed by atoms with Crippen LogP contribution >= 0.6 is 11.6 Å². The number of unbranched alkanes of at least 4 members (excludes halogenated alkanes) is 1. The minimum Gasteiger partial charge on any atom is -0.480 e. The molecule has 4 N–H and O–H groups in total. The van der Waals surface area contributed by atoms with E-state index in [0.717, 1.165) is 40.1 Å². The molecule has 236 valence electrons. The number of aromatic nitrogens is 6. The van der Waals surface area contributed by atoms with Gasteiger partial charge in [0.1, 0.15) is 12.4 Å². The Hall–Kier alpha value is -4.93. The molecule has 16 nitrogen and oxygen atoms in total. The molecule has 2 aromatic carbocycles. The number of benzene rings is 2. The molecule has 45 heavy (non-hydrogen) atoms. The SMILES string of the molecule is CCCCc1nc(Cl)c(C(=O)OCON[N+](=O)N2CC(O)CC2C(=O)O)n1Cc1ccc(-c2ccccc2-c2nn[nH]n2)cc1. The van der Waals surface area contributed by atoms with E-state index in [1.807, 2.05) is 61.0 Å². The average Bonchev–Trinajstić information content (AvgIpc) is 3.78. The molecule has 17 heteroatoms. The molecule has 2 unspecified atom stereocenters. The zero-order valence-electron chi connectivity index (χ0n) is 24.2. The van der Waals surface area contributed by atoms with Crippen LogP contribution in [0.5, 0.6) is 0 Å². The number of carbonyl (C=O) groups excluding carboxylic acids is 1. The number of esters is 1. The summed E-state index contributed by atoms with van der Waals surface area (Å²) in [6.07, 6.45) is 1.19. The molecule has 1 aliphatic heterocycles. The number of nitroso groups, excluding NO2 is 1. The van der Waals surface area contributed by atoms with Gasteiger partial charge in [-0.05, 0) is 28.3 Å². The molecule has 2 aromatic heterocycles. The lowest BCUT2D eigenvalue weighted by Gasteiger charge is -2.13. The minimum absolute atomic E-state index is 0.0190. The van der Waals surface area contributed by atoms with Gasteiger partial charge in [-0.1, -0.05) is 78.5 Å². The molecular formula is C28H31ClN9O7+. The Kier molecular flexibility index (Phi) is 9.96. The topological polar surface area (TPSA) is 201 Å². The monoisotopic (exact) mass is 640 g/mol. The number of carboxylic acids is 1. The number of carbonyl (C=O) groups is 2. The second-order valence-corrected chi connectivity index (χ2v) is 10.6. The fourth-order valence-electron chi connectivity index (χ4n) is 5.05. The van der Waals surface area contributed by atoms with Gasteiger partial charge >= 0.3 is 11.9 Å². The number of H-pyrrole nitrogens is 1. The van der Waals surface area contributed by atoms with Crippen molar-refractivity contribution in [2.24, 2.45) is 0 Å². The standard InChI is InChI=1S/C28H30ClN9O7/c1-2-3-8-23-30-25(29)24(28(42)44-16-45-35-38(43)37-15-19(39)13-22(37)27(40)41)36(23)14-17-9-11-18(12-10-17)20-6-4-5-7-21(20)26-31-33-34-32-26/h4-7,9-12,19,22,39H,2-3,8,13-16H2,1H3,(H2-,31,32,33,34,35,40,41,43)/p+1. The van der Waals surface area contributed by atoms with E-state index >= 15 is 0 Å². The molecule has 4 aromatic rings. The Morgan fingerprint density at radius 1 is 1.18 bits per heavy atom. The van der Waals surface area contributed by atoms with Crippen molar-refractivity contribution in [3.63, 3.8) is 0 Å². The molecule has 2 atom stereocenters. The van der Waals surface area contributed by atoms with Gasteiger partial charge in [0.2, 0.25) is 12.6 Å². The summed E-state index contributed by atoms with van der Waals surface area (Å²) < 4.78 is 6.89. The van der Waals surface area contributed by atoms with Crippen LogP contribution in [-0.4, -0.2) is 87.8 Å². The summed E-state index contributed by atoms with van der Waals surface area (Å²) in [6.45, 7) is 1.40. The van der Waals surface area contributed by atoms with Crippen molar-refractivity contribution in [1.82, 2.24) is 40.8 Å². The normalized spacial score (nSPS) is 16.1. The summed E-state index contributed by atoms with van der Waals surface area (Å²) in [4.78, 5) is 46.2. The molecule has 3 heterocycles. The van der Waals surface area contributed by atoms with Crippen LogP contribution in [0, 0.1) is 4.91 Å². The molecule has 0 bridgehead atoms. The second-order valence-electron chi connectivity index (χ2n) is 10.3. The van der Waals surface area contributed by atoms with E-state index < -0.39 is 30.9 Å². The third kappa shape index (κ3) is 7.25. The molecule has 0 saturated carbocycles. The summed E-state index contributed by atoms with van der Waals surface area (Å²) in [6, 6.07) is 14.3. The second kappa shape index (κ2) is 14.2. The largest absolute Gasteiger partial charge is 0.480 e. The summed E-state index contributed by atoms with van der Waals surface area (Å²) in [5.41, 5.74) is 5.53. The first kappa shape index (κ1) is 31.5. The van der Waals surface area contributed by atoms with Crippen LogP contribution in [0.2, 0.25) is 5.15 Å². The number of nitrogens with one attached hydrogen (secondary N) is 2. The number of hydrazine groups is 2. The molecule has 1 saturated heterocycles. The van der Waals surface area contributed by atoms with E-state index in [4.69, 9.17) is 21.2 Å². The first-order valence-electron chi connectivity index (χ1n) is 14.1. The quantitative estimate of drug-likeness (QED) is 0.0515. The molecule has 1 fully saturated rings. The highest BCUT2D eigenvalue weighted by molar-refractivity contribution is 6.32. The number of ether oxygens (including phenoxy) is 1. The predicted octanol–water partition coefficient (Wildman–Crippen LogP) is 2.54. The van der Waals surface area contributed by atoms with Crippen molar-refractivity contribution in [2.75, 3.05) is 13.3 Å². The maximum absolute atomic E-state index is 13.1. The number of imidazole rings is 1. The lowest BCUT2D eigenvalue weighted by Crippen LogP contribution is -2.48. The zero-order chi connectivity index (χ0) is 31.9. The van der Waals surface area contributed by atoms with Crippen molar-refractivity contribution >= 4 is 23.5 Å². The number of aliphatic carboxylic acids is 1. The minimum atomic E-state index is -1.27. The van der Waals surface area contributed by atoms with Gasteiger partial charge in [0.25, 0.3) is 4.98 Å². The number of β-amino-alcohol motifs (C(OH)–C–C–N with tert-alkyl or cyclic N) is 1. The Bertz CT molecular complexity index is 1650. The number of aryl methyl sites for hydroxylation is 1. The van der Waals surface area contributed by atoms with Crippen molar-refractivity contribution in [3.8, 4) is 22.5 Å². The van der Waals surface area contributed by atoms with Crippen molar-refractivity contribution in [1.29, 1.82) is 0 Å². The maximum atomic E-state index is 13.1. The van der Waals surface area contributed by atoms with Crippen molar-refractivity contribution in [3.05, 3.63) is 75.7 Å². The third-order valence-corrected chi connectivity index (χ3v) is 7.50. The van der Waals surface area contributed by atoms with Crippen molar-refractivity contribution < 1.29 is 34.4 Å². The Morgan fingerprint density at radius 3 is 2.62 bits per heavy atom. The number of hydrogen-bond acceptors (Lipinski definition) is 10. The molecule has 0 radical (unpaired) electrons. The highest BCUT2D eigenvalue weighted by Crippen LogP contribution is 2.30. The Labute approximate surface area is 261 Å². The summed E-state index contributed by atoms with van der Waals surface area (Å²) in [5.74, 6) is -1.02. The summed E-state index contributed by atoms with van der Waals surface area (Å²) in [7, 11) is 0. The van der Waals surface area contributed by atoms with E-state index in [1.165, 1.54) is 0 Å². The van der Waals surface area contributed by atoms with Crippen LogP contribution in [0.4, 0.5) is 0 Å². The summed E-state index contributed by atoms with van der Waals surface area (Å²) in [5, 5.41) is 34.1. The van der Waals surface area contributed by atoms with Gasteiger partial charge in [-0.3, -0.25) is 0 Å². The lowest BCUT2D eigenvalue weighted by atomic mass is 9.98. The lowest BCUT2D eigenvalue weighted by molar-refractivity contribution is -0.791. The highest BCUT2D eigenvalue weighted by Gasteiger charge is 2.45. The van der Waals surface area contributed by atoms with Gasteiger partial charge in [-0.2, -0.15) is 10.1 Å². The van der Waals surface area contributed by atoms with Crippen LogP contribution in [0.3, 0.4) is 0 Å². The van der Waals surface area contributed by atoms with Gasteiger partial charge < -0.3 is 19.5 Å². The molecule has 0 amide bonds. The number of nitrogens with zero attached hydrogens (tertiary/aromatic N) is 7. The van der Waals surface area contributed by atoms with E-state index in [9.17, 15) is 24.7 Å². The number of hydrogen-bond donors (Lipinski definition) is 4. The van der Waals surface area contributed by atoms with Crippen LogP contribution in [0.1, 0.15) is 48.1 Å². The molecule has 0 spiro atoms. The van der Waals surface area contributed by atoms with E-state index in [1.54, 1.807) is 4.57 Å². The van der Waals surface area contributed by atoms with Crippen LogP contribution < -0.4 is 5.59 Å². The van der Waals surface area contributed by atoms with E-state index in [-0.39, 0.29) is 35.3 Å². The van der Waals surface area contributed by atoms with Gasteiger partial charge in [0.05, 0.1) is 11.0 Å². The van der Waals surface area contributed by atoms with Gasteiger partial charge in [0.15, 0.2) is 16.9 Å². The number of halogens is 1. The first-order valence-corrected chi connectivity index (χ1v) is 14.5. The smallest absolute Gasteiger partial charge is 0.360 e. The molecule has 5 rings (SSSR count). The van der Waals surface area contributed by atoms with Gasteiger partial charge in [-0.25, -0.2) is 14.6 Å². The Balaban J connectivity index is 1.27. The first-order chi connectivity index (χ1) is 21.8. The number of tetrazole rings is 1. The van der Waals surface area contributed by atoms with Crippen LogP contribution in [0.15, 0.2) is 48.5 Å². The summed E-state index contributed by atoms with van der Waals surface area (Å²) >= 11 is 6.42. The Morgan fingerprint density at radius 2 is 1.93 bits per heavy atom.